The molecule has 3 rings (SSSR count). The molecular formula is C18H21Cl2N5O. The number of amides is 1. The monoisotopic (exact) mass is 393 g/mol. The highest BCUT2D eigenvalue weighted by Crippen LogP contribution is 2.23. The summed E-state index contributed by atoms with van der Waals surface area (Å²) in [5.41, 5.74) is 1.40. The van der Waals surface area contributed by atoms with Crippen molar-refractivity contribution in [2.45, 2.75) is 13.8 Å². The SMILES string of the molecule is CCNc1nc(C)cc(N2CCN(C(=O)c3ccc(Cl)cc3Cl)CC2)n1. The molecule has 1 aromatic carbocycles. The van der Waals surface area contributed by atoms with Crippen molar-refractivity contribution in [3.05, 3.63) is 45.6 Å². The highest BCUT2D eigenvalue weighted by Gasteiger charge is 2.24. The zero-order valence-corrected chi connectivity index (χ0v) is 16.3. The smallest absolute Gasteiger partial charge is 0.255 e. The maximum Gasteiger partial charge on any atom is 0.255 e. The van der Waals surface area contributed by atoms with Crippen LogP contribution in [0.25, 0.3) is 0 Å². The van der Waals surface area contributed by atoms with Crippen molar-refractivity contribution in [1.82, 2.24) is 14.9 Å². The third-order valence-electron chi connectivity index (χ3n) is 4.23. The van der Waals surface area contributed by atoms with Crippen LogP contribution in [0.2, 0.25) is 10.0 Å². The number of carbonyl (C=O) groups excluding carboxylic acids is 1. The first-order valence-electron chi connectivity index (χ1n) is 8.56. The van der Waals surface area contributed by atoms with Crippen LogP contribution < -0.4 is 10.2 Å². The zero-order chi connectivity index (χ0) is 18.7. The Morgan fingerprint density at radius 1 is 1.15 bits per heavy atom. The Morgan fingerprint density at radius 2 is 1.88 bits per heavy atom. The largest absolute Gasteiger partial charge is 0.354 e. The molecule has 138 valence electrons. The summed E-state index contributed by atoms with van der Waals surface area (Å²) in [5, 5.41) is 4.05. The number of hydrogen-bond donors (Lipinski definition) is 1. The topological polar surface area (TPSA) is 61.4 Å². The van der Waals surface area contributed by atoms with Gasteiger partial charge in [0.1, 0.15) is 5.82 Å². The summed E-state index contributed by atoms with van der Waals surface area (Å²) in [5.74, 6) is 1.44. The van der Waals surface area contributed by atoms with Gasteiger partial charge in [-0.1, -0.05) is 23.2 Å². The lowest BCUT2D eigenvalue weighted by atomic mass is 10.1. The van der Waals surface area contributed by atoms with E-state index < -0.39 is 0 Å². The summed E-state index contributed by atoms with van der Waals surface area (Å²) in [4.78, 5) is 25.6. The third kappa shape index (κ3) is 4.19. The molecule has 1 N–H and O–H groups in total. The molecule has 1 aliphatic heterocycles. The zero-order valence-electron chi connectivity index (χ0n) is 14.8. The van der Waals surface area contributed by atoms with E-state index in [1.54, 1.807) is 18.2 Å². The van der Waals surface area contributed by atoms with E-state index in [-0.39, 0.29) is 5.91 Å². The molecule has 2 heterocycles. The van der Waals surface area contributed by atoms with Crippen LogP contribution in [0.15, 0.2) is 24.3 Å². The van der Waals surface area contributed by atoms with Crippen LogP contribution in [0.3, 0.4) is 0 Å². The fraction of sp³-hybridized carbons (Fsp3) is 0.389. The van der Waals surface area contributed by atoms with Crippen LogP contribution >= 0.6 is 23.2 Å². The molecule has 8 heteroatoms. The summed E-state index contributed by atoms with van der Waals surface area (Å²) in [6.07, 6.45) is 0. The average molecular weight is 394 g/mol. The van der Waals surface area contributed by atoms with E-state index in [0.29, 0.717) is 47.7 Å². The first-order valence-corrected chi connectivity index (χ1v) is 9.32. The van der Waals surface area contributed by atoms with Crippen LogP contribution in [-0.2, 0) is 0 Å². The Labute approximate surface area is 163 Å². The van der Waals surface area contributed by atoms with Crippen molar-refractivity contribution in [1.29, 1.82) is 0 Å². The molecule has 1 aromatic heterocycles. The number of halogens is 2. The summed E-state index contributed by atoms with van der Waals surface area (Å²) in [7, 11) is 0. The van der Waals surface area contributed by atoms with Gasteiger partial charge in [0.15, 0.2) is 0 Å². The molecule has 0 atom stereocenters. The molecule has 0 unspecified atom stereocenters. The van der Waals surface area contributed by atoms with Gasteiger partial charge in [-0.15, -0.1) is 0 Å². The molecule has 1 aliphatic rings. The molecule has 2 aromatic rings. The number of hydrogen-bond acceptors (Lipinski definition) is 5. The minimum Gasteiger partial charge on any atom is -0.354 e. The van der Waals surface area contributed by atoms with Gasteiger partial charge >= 0.3 is 0 Å². The molecular weight excluding hydrogens is 373 g/mol. The minimum absolute atomic E-state index is 0.0708. The van der Waals surface area contributed by atoms with E-state index in [4.69, 9.17) is 23.2 Å². The number of rotatable bonds is 4. The molecule has 1 fully saturated rings. The van der Waals surface area contributed by atoms with Gasteiger partial charge in [0.25, 0.3) is 5.91 Å². The van der Waals surface area contributed by atoms with Gasteiger partial charge in [-0.3, -0.25) is 4.79 Å². The van der Waals surface area contributed by atoms with E-state index in [0.717, 1.165) is 18.1 Å². The third-order valence-corrected chi connectivity index (χ3v) is 4.78. The highest BCUT2D eigenvalue weighted by molar-refractivity contribution is 6.36. The standard InChI is InChI=1S/C18H21Cl2N5O/c1-3-21-18-22-12(2)10-16(23-18)24-6-8-25(9-7-24)17(26)14-5-4-13(19)11-15(14)20/h4-5,10-11H,3,6-9H2,1-2H3,(H,21,22,23). The highest BCUT2D eigenvalue weighted by atomic mass is 35.5. The molecule has 6 nitrogen and oxygen atoms in total. The van der Waals surface area contributed by atoms with Crippen molar-refractivity contribution in [2.24, 2.45) is 0 Å². The van der Waals surface area contributed by atoms with Crippen molar-refractivity contribution in [3.63, 3.8) is 0 Å². The molecule has 0 aliphatic carbocycles. The normalized spacial score (nSPS) is 14.5. The second kappa shape index (κ2) is 8.10. The van der Waals surface area contributed by atoms with Crippen molar-refractivity contribution in [3.8, 4) is 0 Å². The van der Waals surface area contributed by atoms with E-state index in [1.165, 1.54) is 0 Å². The van der Waals surface area contributed by atoms with Crippen LogP contribution in [0.5, 0.6) is 0 Å². The van der Waals surface area contributed by atoms with E-state index >= 15 is 0 Å². The Kier molecular flexibility index (Phi) is 5.84. The van der Waals surface area contributed by atoms with E-state index in [2.05, 4.69) is 20.2 Å². The summed E-state index contributed by atoms with van der Waals surface area (Å²) in [6.45, 7) is 7.37. The quantitative estimate of drug-likeness (QED) is 0.861. The minimum atomic E-state index is -0.0708. The van der Waals surface area contributed by atoms with Gasteiger partial charge < -0.3 is 15.1 Å². The number of aryl methyl sites for hydroxylation is 1. The molecule has 0 spiro atoms. The molecule has 0 saturated carbocycles. The van der Waals surface area contributed by atoms with Crippen LogP contribution in [0.1, 0.15) is 23.0 Å². The first kappa shape index (κ1) is 18.7. The van der Waals surface area contributed by atoms with Crippen molar-refractivity contribution >= 4 is 40.9 Å². The predicted molar refractivity (Wildman–Crippen MR) is 106 cm³/mol. The number of piperazine rings is 1. The number of benzene rings is 1. The number of anilines is 2. The summed E-state index contributed by atoms with van der Waals surface area (Å²) in [6, 6.07) is 6.92. The van der Waals surface area contributed by atoms with Gasteiger partial charge in [-0.25, -0.2) is 4.98 Å². The van der Waals surface area contributed by atoms with E-state index in [9.17, 15) is 4.79 Å². The lowest BCUT2D eigenvalue weighted by Gasteiger charge is -2.35. The second-order valence-electron chi connectivity index (χ2n) is 6.12. The van der Waals surface area contributed by atoms with Gasteiger partial charge in [0.05, 0.1) is 10.6 Å². The number of nitrogens with zero attached hydrogens (tertiary/aromatic N) is 4. The fourth-order valence-corrected chi connectivity index (χ4v) is 3.41. The average Bonchev–Trinajstić information content (AvgIpc) is 2.61. The number of aromatic nitrogens is 2. The summed E-state index contributed by atoms with van der Waals surface area (Å²) >= 11 is 12.1. The van der Waals surface area contributed by atoms with Gasteiger partial charge in [0, 0.05) is 49.5 Å². The Morgan fingerprint density at radius 3 is 2.54 bits per heavy atom. The van der Waals surface area contributed by atoms with Crippen molar-refractivity contribution in [2.75, 3.05) is 42.9 Å². The van der Waals surface area contributed by atoms with Gasteiger partial charge in [0.2, 0.25) is 5.95 Å². The van der Waals surface area contributed by atoms with Gasteiger partial charge in [-0.05, 0) is 32.0 Å². The maximum atomic E-state index is 12.7. The van der Waals surface area contributed by atoms with Crippen LogP contribution in [-0.4, -0.2) is 53.5 Å². The van der Waals surface area contributed by atoms with Gasteiger partial charge in [-0.2, -0.15) is 4.98 Å². The second-order valence-corrected chi connectivity index (χ2v) is 6.97. The van der Waals surface area contributed by atoms with Crippen LogP contribution in [0, 0.1) is 6.92 Å². The maximum absolute atomic E-state index is 12.7. The molecule has 26 heavy (non-hydrogen) atoms. The molecule has 1 saturated heterocycles. The molecule has 1 amide bonds. The molecule has 0 radical (unpaired) electrons. The summed E-state index contributed by atoms with van der Waals surface area (Å²) < 4.78 is 0. The Balaban J connectivity index is 1.68. The number of nitrogens with one attached hydrogen (secondary N) is 1. The Bertz CT molecular complexity index is 806. The lowest BCUT2D eigenvalue weighted by molar-refractivity contribution is 0.0746. The molecule has 0 bridgehead atoms. The van der Waals surface area contributed by atoms with Crippen LogP contribution in [0.4, 0.5) is 11.8 Å². The Hall–Kier alpha value is -2.05. The number of carbonyl (C=O) groups is 1. The lowest BCUT2D eigenvalue weighted by Crippen LogP contribution is -2.49. The first-order chi connectivity index (χ1) is 12.5. The van der Waals surface area contributed by atoms with E-state index in [1.807, 2.05) is 24.8 Å². The van der Waals surface area contributed by atoms with Crippen molar-refractivity contribution < 1.29 is 4.79 Å². The predicted octanol–water partition coefficient (Wildman–Crippen LogP) is 3.49. The fourth-order valence-electron chi connectivity index (χ4n) is 2.92.